The van der Waals surface area contributed by atoms with E-state index in [-0.39, 0.29) is 6.03 Å². The Bertz CT molecular complexity index is 818. The average molecular weight is 380 g/mol. The van der Waals surface area contributed by atoms with E-state index in [9.17, 15) is 9.90 Å². The third-order valence-corrected chi connectivity index (χ3v) is 6.18. The van der Waals surface area contributed by atoms with Crippen molar-refractivity contribution in [3.8, 4) is 0 Å². The number of rotatable bonds is 3. The van der Waals surface area contributed by atoms with Gasteiger partial charge in [0.15, 0.2) is 0 Å². The summed E-state index contributed by atoms with van der Waals surface area (Å²) < 4.78 is 0. The Kier molecular flexibility index (Phi) is 5.33. The van der Waals surface area contributed by atoms with Crippen molar-refractivity contribution < 1.29 is 9.90 Å². The molecule has 3 heterocycles. The van der Waals surface area contributed by atoms with Crippen LogP contribution in [0.25, 0.3) is 0 Å². The lowest BCUT2D eigenvalue weighted by Crippen LogP contribution is -2.52. The van der Waals surface area contributed by atoms with Crippen LogP contribution >= 0.6 is 0 Å². The molecule has 0 aliphatic carbocycles. The zero-order valence-corrected chi connectivity index (χ0v) is 16.3. The highest BCUT2D eigenvalue weighted by molar-refractivity contribution is 5.74. The van der Waals surface area contributed by atoms with Crippen LogP contribution < -0.4 is 5.32 Å². The molecule has 6 heteroatoms. The van der Waals surface area contributed by atoms with Gasteiger partial charge in [0, 0.05) is 50.2 Å². The van der Waals surface area contributed by atoms with Crippen molar-refractivity contribution in [2.45, 2.75) is 37.5 Å². The van der Waals surface area contributed by atoms with Gasteiger partial charge in [-0.3, -0.25) is 9.88 Å². The van der Waals surface area contributed by atoms with Gasteiger partial charge in [0.1, 0.15) is 0 Å². The number of carbonyl (C=O) groups is 1. The summed E-state index contributed by atoms with van der Waals surface area (Å²) >= 11 is 0. The number of hydrogen-bond acceptors (Lipinski definition) is 4. The number of nitrogens with zero attached hydrogens (tertiary/aromatic N) is 3. The maximum absolute atomic E-state index is 12.6. The molecule has 1 saturated heterocycles. The van der Waals surface area contributed by atoms with E-state index in [1.165, 1.54) is 11.1 Å². The molecule has 0 radical (unpaired) electrons. The minimum absolute atomic E-state index is 0.0412. The second kappa shape index (κ2) is 7.89. The van der Waals surface area contributed by atoms with Gasteiger partial charge in [-0.15, -0.1) is 0 Å². The average Bonchev–Trinajstić information content (AvgIpc) is 2.73. The second-order valence-corrected chi connectivity index (χ2v) is 7.99. The summed E-state index contributed by atoms with van der Waals surface area (Å²) in [7, 11) is 2.11. The van der Waals surface area contributed by atoms with Gasteiger partial charge >= 0.3 is 6.03 Å². The number of benzene rings is 1. The molecule has 2 amide bonds. The standard InChI is InChI=1S/C22H28N4O2/c1-25-16-18-6-3-2-5-17(18)13-20(25)15-24-21(27)26-11-8-22(28,9-12-26)19-7-4-10-23-14-19/h2-7,10,14,20,28H,8-9,11-13,15-16H2,1H3,(H,24,27)/t20-/m1/s1. The Morgan fingerprint density at radius 1 is 1.21 bits per heavy atom. The van der Waals surface area contributed by atoms with Crippen LogP contribution in [0.4, 0.5) is 4.79 Å². The van der Waals surface area contributed by atoms with E-state index in [0.29, 0.717) is 38.5 Å². The molecule has 6 nitrogen and oxygen atoms in total. The molecule has 2 aromatic rings. The van der Waals surface area contributed by atoms with E-state index < -0.39 is 5.60 Å². The van der Waals surface area contributed by atoms with Gasteiger partial charge in [0.25, 0.3) is 0 Å². The molecular formula is C22H28N4O2. The zero-order chi connectivity index (χ0) is 19.6. The number of likely N-dealkylation sites (N-methyl/N-ethyl adjacent to an activating group) is 1. The SMILES string of the molecule is CN1Cc2ccccc2C[C@@H]1CNC(=O)N1CCC(O)(c2cccnc2)CC1. The van der Waals surface area contributed by atoms with E-state index in [1.54, 1.807) is 12.4 Å². The fourth-order valence-corrected chi connectivity index (χ4v) is 4.27. The number of piperidine rings is 1. The fourth-order valence-electron chi connectivity index (χ4n) is 4.27. The molecule has 0 bridgehead atoms. The van der Waals surface area contributed by atoms with Crippen molar-refractivity contribution in [1.29, 1.82) is 0 Å². The van der Waals surface area contributed by atoms with Crippen LogP contribution in [0.5, 0.6) is 0 Å². The number of carbonyl (C=O) groups excluding carboxylic acids is 1. The Labute approximate surface area is 166 Å². The number of fused-ring (bicyclic) bond motifs is 1. The molecule has 0 unspecified atom stereocenters. The van der Waals surface area contributed by atoms with E-state index in [4.69, 9.17) is 0 Å². The predicted molar refractivity (Wildman–Crippen MR) is 108 cm³/mol. The van der Waals surface area contributed by atoms with Gasteiger partial charge < -0.3 is 15.3 Å². The monoisotopic (exact) mass is 380 g/mol. The van der Waals surface area contributed by atoms with Crippen molar-refractivity contribution in [1.82, 2.24) is 20.1 Å². The lowest BCUT2D eigenvalue weighted by molar-refractivity contribution is -0.0171. The van der Waals surface area contributed by atoms with Gasteiger partial charge in [0.05, 0.1) is 5.60 Å². The van der Waals surface area contributed by atoms with Crippen molar-refractivity contribution in [3.05, 3.63) is 65.5 Å². The number of amides is 2. The molecule has 2 N–H and O–H groups in total. The first-order valence-corrected chi connectivity index (χ1v) is 9.98. The van der Waals surface area contributed by atoms with Gasteiger partial charge in [-0.05, 0) is 43.5 Å². The Balaban J connectivity index is 1.30. The number of urea groups is 1. The maximum atomic E-state index is 12.6. The molecule has 0 saturated carbocycles. The summed E-state index contributed by atoms with van der Waals surface area (Å²) in [5, 5.41) is 14.0. The third-order valence-electron chi connectivity index (χ3n) is 6.18. The maximum Gasteiger partial charge on any atom is 0.317 e. The zero-order valence-electron chi connectivity index (χ0n) is 16.3. The molecule has 1 aromatic carbocycles. The lowest BCUT2D eigenvalue weighted by Gasteiger charge is -2.39. The summed E-state index contributed by atoms with van der Waals surface area (Å²) in [6, 6.07) is 12.5. The van der Waals surface area contributed by atoms with Crippen molar-refractivity contribution in [2.24, 2.45) is 0 Å². The predicted octanol–water partition coefficient (Wildman–Crippen LogP) is 2.13. The molecule has 28 heavy (non-hydrogen) atoms. The molecule has 2 aliphatic rings. The minimum Gasteiger partial charge on any atom is -0.385 e. The largest absolute Gasteiger partial charge is 0.385 e. The van der Waals surface area contributed by atoms with Crippen molar-refractivity contribution in [2.75, 3.05) is 26.7 Å². The summed E-state index contributed by atoms with van der Waals surface area (Å²) in [6.07, 6.45) is 5.43. The van der Waals surface area contributed by atoms with Crippen LogP contribution in [0.3, 0.4) is 0 Å². The van der Waals surface area contributed by atoms with Gasteiger partial charge in [0.2, 0.25) is 0 Å². The van der Waals surface area contributed by atoms with E-state index in [2.05, 4.69) is 46.5 Å². The lowest BCUT2D eigenvalue weighted by atomic mass is 9.85. The van der Waals surface area contributed by atoms with Crippen molar-refractivity contribution in [3.63, 3.8) is 0 Å². The van der Waals surface area contributed by atoms with Crippen LogP contribution in [0, 0.1) is 0 Å². The first-order chi connectivity index (χ1) is 13.5. The number of likely N-dealkylation sites (tertiary alicyclic amines) is 1. The Morgan fingerprint density at radius 3 is 2.68 bits per heavy atom. The van der Waals surface area contributed by atoms with Gasteiger partial charge in [-0.2, -0.15) is 0 Å². The summed E-state index contributed by atoms with van der Waals surface area (Å²) in [4.78, 5) is 20.9. The molecule has 4 rings (SSSR count). The van der Waals surface area contributed by atoms with Crippen LogP contribution in [0.1, 0.15) is 29.5 Å². The van der Waals surface area contributed by atoms with Crippen LogP contribution in [0.15, 0.2) is 48.8 Å². The summed E-state index contributed by atoms with van der Waals surface area (Å²) in [6.45, 7) is 2.63. The quantitative estimate of drug-likeness (QED) is 0.856. The van der Waals surface area contributed by atoms with Crippen LogP contribution in [-0.2, 0) is 18.6 Å². The van der Waals surface area contributed by atoms with Crippen molar-refractivity contribution >= 4 is 6.03 Å². The molecule has 2 aliphatic heterocycles. The van der Waals surface area contributed by atoms with E-state index in [0.717, 1.165) is 18.5 Å². The molecule has 1 aromatic heterocycles. The second-order valence-electron chi connectivity index (χ2n) is 7.99. The number of pyridine rings is 1. The number of aliphatic hydroxyl groups is 1. The molecule has 0 spiro atoms. The highest BCUT2D eigenvalue weighted by Gasteiger charge is 2.35. The minimum atomic E-state index is -0.891. The first-order valence-electron chi connectivity index (χ1n) is 9.98. The fraction of sp³-hybridized carbons (Fsp3) is 0.455. The smallest absolute Gasteiger partial charge is 0.317 e. The number of aromatic nitrogens is 1. The van der Waals surface area contributed by atoms with E-state index in [1.807, 2.05) is 17.0 Å². The van der Waals surface area contributed by atoms with Crippen LogP contribution in [0.2, 0.25) is 0 Å². The number of nitrogens with one attached hydrogen (secondary N) is 1. The molecule has 148 valence electrons. The summed E-state index contributed by atoms with van der Waals surface area (Å²) in [5.41, 5.74) is 2.69. The normalized spacial score (nSPS) is 21.8. The summed E-state index contributed by atoms with van der Waals surface area (Å²) in [5.74, 6) is 0. The van der Waals surface area contributed by atoms with Gasteiger partial charge in [-0.25, -0.2) is 4.79 Å². The Morgan fingerprint density at radius 2 is 1.96 bits per heavy atom. The number of hydrogen-bond donors (Lipinski definition) is 2. The van der Waals surface area contributed by atoms with Gasteiger partial charge in [-0.1, -0.05) is 30.3 Å². The topological polar surface area (TPSA) is 68.7 Å². The Hall–Kier alpha value is -2.44. The highest BCUT2D eigenvalue weighted by Crippen LogP contribution is 2.32. The molecular weight excluding hydrogens is 352 g/mol. The third kappa shape index (κ3) is 3.88. The first kappa shape index (κ1) is 18.9. The molecule has 1 fully saturated rings. The van der Waals surface area contributed by atoms with Crippen LogP contribution in [-0.4, -0.2) is 58.6 Å². The van der Waals surface area contributed by atoms with E-state index >= 15 is 0 Å². The molecule has 1 atom stereocenters. The highest BCUT2D eigenvalue weighted by atomic mass is 16.3.